The third-order valence-electron chi connectivity index (χ3n) is 2.35. The molecule has 1 rings (SSSR count). The molecule has 1 aromatic rings. The first kappa shape index (κ1) is 12.1. The fourth-order valence-electron chi connectivity index (χ4n) is 1.61. The molecular weight excluding hydrogens is 188 g/mol. The lowest BCUT2D eigenvalue weighted by atomic mass is 10.0. The van der Waals surface area contributed by atoms with Crippen LogP contribution >= 0.6 is 0 Å². The molecule has 2 N–H and O–H groups in total. The van der Waals surface area contributed by atoms with Crippen LogP contribution in [-0.2, 0) is 6.54 Å². The molecule has 1 aromatic heterocycles. The number of rotatable bonds is 6. The zero-order valence-corrected chi connectivity index (χ0v) is 9.53. The van der Waals surface area contributed by atoms with Crippen LogP contribution in [0, 0.1) is 0 Å². The van der Waals surface area contributed by atoms with Crippen molar-refractivity contribution >= 4 is 0 Å². The Balaban J connectivity index is 2.27. The van der Waals surface area contributed by atoms with Gasteiger partial charge in [0.1, 0.15) is 0 Å². The number of pyridine rings is 1. The van der Waals surface area contributed by atoms with Gasteiger partial charge in [-0.2, -0.15) is 0 Å². The van der Waals surface area contributed by atoms with Gasteiger partial charge in [0.2, 0.25) is 0 Å². The van der Waals surface area contributed by atoms with Crippen LogP contribution in [0.3, 0.4) is 0 Å². The van der Waals surface area contributed by atoms with Gasteiger partial charge in [-0.05, 0) is 25.0 Å². The molecule has 0 aliphatic rings. The molecule has 3 heteroatoms. The Morgan fingerprint density at radius 1 is 1.53 bits per heavy atom. The minimum Gasteiger partial charge on any atom is -0.389 e. The van der Waals surface area contributed by atoms with E-state index in [0.29, 0.717) is 6.54 Å². The lowest BCUT2D eigenvalue weighted by Crippen LogP contribution is -2.37. The molecule has 1 unspecified atom stereocenters. The summed E-state index contributed by atoms with van der Waals surface area (Å²) in [5.41, 5.74) is 0.543. The van der Waals surface area contributed by atoms with Crippen molar-refractivity contribution in [3.8, 4) is 0 Å². The maximum Gasteiger partial charge on any atom is 0.0743 e. The molecule has 1 heterocycles. The van der Waals surface area contributed by atoms with Gasteiger partial charge in [-0.1, -0.05) is 19.4 Å². The van der Waals surface area contributed by atoms with Gasteiger partial charge in [-0.25, -0.2) is 0 Å². The van der Waals surface area contributed by atoms with E-state index in [4.69, 9.17) is 0 Å². The van der Waals surface area contributed by atoms with Crippen LogP contribution in [0.4, 0.5) is 0 Å². The molecule has 0 aliphatic carbocycles. The van der Waals surface area contributed by atoms with Crippen molar-refractivity contribution in [3.63, 3.8) is 0 Å². The van der Waals surface area contributed by atoms with Crippen LogP contribution in [0.2, 0.25) is 0 Å². The van der Waals surface area contributed by atoms with Crippen molar-refractivity contribution < 1.29 is 5.11 Å². The summed E-state index contributed by atoms with van der Waals surface area (Å²) in [5.74, 6) is 0. The molecule has 1 atom stereocenters. The molecule has 0 saturated carbocycles. The highest BCUT2D eigenvalue weighted by Gasteiger charge is 2.17. The van der Waals surface area contributed by atoms with Crippen molar-refractivity contribution in [2.24, 2.45) is 0 Å². The standard InChI is InChI=1S/C12H20N2O/c1-3-6-12(2,15)10-14-9-11-5-4-7-13-8-11/h4-5,7-8,14-15H,3,6,9-10H2,1-2H3. The van der Waals surface area contributed by atoms with E-state index >= 15 is 0 Å². The zero-order valence-electron chi connectivity index (χ0n) is 9.53. The number of nitrogens with one attached hydrogen (secondary N) is 1. The van der Waals surface area contributed by atoms with Crippen molar-refractivity contribution in [3.05, 3.63) is 30.1 Å². The van der Waals surface area contributed by atoms with Crippen LogP contribution in [0.5, 0.6) is 0 Å². The minimum atomic E-state index is -0.600. The monoisotopic (exact) mass is 208 g/mol. The zero-order chi connectivity index (χ0) is 11.1. The van der Waals surface area contributed by atoms with Gasteiger partial charge in [0.25, 0.3) is 0 Å². The number of aliphatic hydroxyl groups is 1. The topological polar surface area (TPSA) is 45.1 Å². The van der Waals surface area contributed by atoms with Gasteiger partial charge in [0.05, 0.1) is 5.60 Å². The van der Waals surface area contributed by atoms with E-state index < -0.39 is 5.60 Å². The molecule has 0 radical (unpaired) electrons. The third kappa shape index (κ3) is 4.91. The predicted octanol–water partition coefficient (Wildman–Crippen LogP) is 1.72. The van der Waals surface area contributed by atoms with Gasteiger partial charge < -0.3 is 10.4 Å². The van der Waals surface area contributed by atoms with E-state index in [0.717, 1.165) is 24.9 Å². The first-order valence-electron chi connectivity index (χ1n) is 5.46. The third-order valence-corrected chi connectivity index (χ3v) is 2.35. The molecule has 0 aliphatic heterocycles. The first-order chi connectivity index (χ1) is 7.14. The van der Waals surface area contributed by atoms with Crippen molar-refractivity contribution in [2.45, 2.75) is 38.8 Å². The Hall–Kier alpha value is -0.930. The largest absolute Gasteiger partial charge is 0.389 e. The second kappa shape index (κ2) is 5.83. The summed E-state index contributed by atoms with van der Waals surface area (Å²) in [6, 6.07) is 3.94. The van der Waals surface area contributed by atoms with Crippen LogP contribution in [0.1, 0.15) is 32.3 Å². The Kier molecular flexibility index (Phi) is 4.72. The van der Waals surface area contributed by atoms with Crippen molar-refractivity contribution in [1.29, 1.82) is 0 Å². The van der Waals surface area contributed by atoms with E-state index in [9.17, 15) is 5.11 Å². The molecule has 0 spiro atoms. The van der Waals surface area contributed by atoms with E-state index in [1.807, 2.05) is 25.3 Å². The summed E-state index contributed by atoms with van der Waals surface area (Å²) in [4.78, 5) is 4.03. The normalized spacial score (nSPS) is 14.9. The fraction of sp³-hybridized carbons (Fsp3) is 0.583. The number of nitrogens with zero attached hydrogens (tertiary/aromatic N) is 1. The lowest BCUT2D eigenvalue weighted by molar-refractivity contribution is 0.0498. The quantitative estimate of drug-likeness (QED) is 0.748. The van der Waals surface area contributed by atoms with Crippen LogP contribution in [-0.4, -0.2) is 22.2 Å². The smallest absolute Gasteiger partial charge is 0.0743 e. The van der Waals surface area contributed by atoms with E-state index in [-0.39, 0.29) is 0 Å². The number of hydrogen-bond donors (Lipinski definition) is 2. The molecule has 3 nitrogen and oxygen atoms in total. The molecule has 84 valence electrons. The summed E-state index contributed by atoms with van der Waals surface area (Å²) in [6.45, 7) is 5.33. The maximum absolute atomic E-state index is 9.91. The molecule has 0 bridgehead atoms. The van der Waals surface area contributed by atoms with E-state index in [1.165, 1.54) is 0 Å². The highest BCUT2D eigenvalue weighted by molar-refractivity contribution is 5.07. The SMILES string of the molecule is CCCC(C)(O)CNCc1cccnc1. The van der Waals surface area contributed by atoms with Gasteiger partial charge in [0, 0.05) is 25.5 Å². The summed E-state index contributed by atoms with van der Waals surface area (Å²) in [7, 11) is 0. The minimum absolute atomic E-state index is 0.600. The summed E-state index contributed by atoms with van der Waals surface area (Å²) >= 11 is 0. The average molecular weight is 208 g/mol. The second-order valence-electron chi connectivity index (χ2n) is 4.21. The predicted molar refractivity (Wildman–Crippen MR) is 61.5 cm³/mol. The van der Waals surface area contributed by atoms with Crippen LogP contribution < -0.4 is 5.32 Å². The van der Waals surface area contributed by atoms with Crippen molar-refractivity contribution in [2.75, 3.05) is 6.54 Å². The Bertz CT molecular complexity index is 272. The lowest BCUT2D eigenvalue weighted by Gasteiger charge is -2.22. The fourth-order valence-corrected chi connectivity index (χ4v) is 1.61. The molecule has 0 amide bonds. The van der Waals surface area contributed by atoms with Crippen LogP contribution in [0.15, 0.2) is 24.5 Å². The van der Waals surface area contributed by atoms with E-state index in [1.54, 1.807) is 6.20 Å². The Morgan fingerprint density at radius 3 is 2.93 bits per heavy atom. The molecule has 15 heavy (non-hydrogen) atoms. The Morgan fingerprint density at radius 2 is 2.33 bits per heavy atom. The van der Waals surface area contributed by atoms with Gasteiger partial charge >= 0.3 is 0 Å². The van der Waals surface area contributed by atoms with Gasteiger partial charge in [0.15, 0.2) is 0 Å². The molecular formula is C12H20N2O. The molecule has 0 fully saturated rings. The van der Waals surface area contributed by atoms with Crippen LogP contribution in [0.25, 0.3) is 0 Å². The average Bonchev–Trinajstić information content (AvgIpc) is 2.19. The number of aromatic nitrogens is 1. The van der Waals surface area contributed by atoms with Crippen molar-refractivity contribution in [1.82, 2.24) is 10.3 Å². The molecule has 0 saturated heterocycles. The maximum atomic E-state index is 9.91. The number of hydrogen-bond acceptors (Lipinski definition) is 3. The highest BCUT2D eigenvalue weighted by Crippen LogP contribution is 2.10. The highest BCUT2D eigenvalue weighted by atomic mass is 16.3. The summed E-state index contributed by atoms with van der Waals surface area (Å²) in [6.07, 6.45) is 5.42. The Labute approximate surface area is 91.5 Å². The van der Waals surface area contributed by atoms with E-state index in [2.05, 4.69) is 17.2 Å². The summed E-state index contributed by atoms with van der Waals surface area (Å²) < 4.78 is 0. The first-order valence-corrected chi connectivity index (χ1v) is 5.46. The van der Waals surface area contributed by atoms with Gasteiger partial charge in [-0.3, -0.25) is 4.98 Å². The molecule has 0 aromatic carbocycles. The summed E-state index contributed by atoms with van der Waals surface area (Å²) in [5, 5.41) is 13.2. The second-order valence-corrected chi connectivity index (χ2v) is 4.21. The van der Waals surface area contributed by atoms with Gasteiger partial charge in [-0.15, -0.1) is 0 Å².